The Balaban J connectivity index is 1.58. The fourth-order valence-electron chi connectivity index (χ4n) is 2.35. The molecule has 2 aromatic rings. The van der Waals surface area contributed by atoms with Gasteiger partial charge in [0.1, 0.15) is 5.82 Å². The van der Waals surface area contributed by atoms with Crippen LogP contribution in [0, 0.1) is 5.82 Å². The normalized spacial score (nSPS) is 13.6. The van der Waals surface area contributed by atoms with Crippen molar-refractivity contribution in [3.8, 4) is 0 Å². The standard InChI is InChI=1S/C17H17FN2O2S/c18-13-5-3-12(4-6-13)11-20(14-7-8-14)16(21)10-19-17(22)15-2-1-9-23-15/h1-6,9,14H,7-8,10-11H2,(H,19,22). The SMILES string of the molecule is O=C(NCC(=O)N(Cc1ccc(F)cc1)C1CC1)c1cccs1. The summed E-state index contributed by atoms with van der Waals surface area (Å²) in [5, 5.41) is 4.48. The molecule has 1 aliphatic rings. The minimum atomic E-state index is -0.291. The van der Waals surface area contributed by atoms with Gasteiger partial charge in [0.05, 0.1) is 11.4 Å². The first kappa shape index (κ1) is 15.7. The van der Waals surface area contributed by atoms with Crippen molar-refractivity contribution in [2.24, 2.45) is 0 Å². The lowest BCUT2D eigenvalue weighted by atomic mass is 10.2. The van der Waals surface area contributed by atoms with Crippen molar-refractivity contribution in [2.75, 3.05) is 6.54 Å². The summed E-state index contributed by atoms with van der Waals surface area (Å²) in [4.78, 5) is 26.7. The third-order valence-electron chi connectivity index (χ3n) is 3.72. The summed E-state index contributed by atoms with van der Waals surface area (Å²) < 4.78 is 13.0. The average molecular weight is 332 g/mol. The molecule has 1 heterocycles. The Labute approximate surface area is 137 Å². The van der Waals surface area contributed by atoms with Crippen LogP contribution in [-0.2, 0) is 11.3 Å². The van der Waals surface area contributed by atoms with Crippen LogP contribution in [0.1, 0.15) is 28.1 Å². The van der Waals surface area contributed by atoms with Crippen molar-refractivity contribution in [3.63, 3.8) is 0 Å². The maximum absolute atomic E-state index is 13.0. The van der Waals surface area contributed by atoms with E-state index in [4.69, 9.17) is 0 Å². The van der Waals surface area contributed by atoms with E-state index < -0.39 is 0 Å². The van der Waals surface area contributed by atoms with Crippen LogP contribution >= 0.6 is 11.3 Å². The Hall–Kier alpha value is -2.21. The van der Waals surface area contributed by atoms with Crippen molar-refractivity contribution in [3.05, 3.63) is 58.0 Å². The van der Waals surface area contributed by atoms with E-state index in [9.17, 15) is 14.0 Å². The van der Waals surface area contributed by atoms with Crippen molar-refractivity contribution in [1.82, 2.24) is 10.2 Å². The van der Waals surface area contributed by atoms with Crippen LogP contribution in [0.2, 0.25) is 0 Å². The molecule has 3 rings (SSSR count). The predicted octanol–water partition coefficient (Wildman–Crippen LogP) is 2.81. The summed E-state index contributed by atoms with van der Waals surface area (Å²) in [7, 11) is 0. The largest absolute Gasteiger partial charge is 0.342 e. The zero-order valence-corrected chi connectivity index (χ0v) is 13.3. The first-order valence-electron chi connectivity index (χ1n) is 7.49. The third-order valence-corrected chi connectivity index (χ3v) is 4.59. The Bertz CT molecular complexity index is 681. The molecule has 120 valence electrons. The van der Waals surface area contributed by atoms with E-state index in [-0.39, 0.29) is 30.2 Å². The average Bonchev–Trinajstić information content (AvgIpc) is 3.24. The van der Waals surface area contributed by atoms with Crippen molar-refractivity contribution in [2.45, 2.75) is 25.4 Å². The maximum Gasteiger partial charge on any atom is 0.261 e. The van der Waals surface area contributed by atoms with E-state index >= 15 is 0 Å². The molecule has 23 heavy (non-hydrogen) atoms. The lowest BCUT2D eigenvalue weighted by Gasteiger charge is -2.22. The molecule has 1 aromatic carbocycles. The van der Waals surface area contributed by atoms with E-state index in [0.29, 0.717) is 11.4 Å². The zero-order chi connectivity index (χ0) is 16.2. The summed E-state index contributed by atoms with van der Waals surface area (Å²) >= 11 is 1.34. The summed E-state index contributed by atoms with van der Waals surface area (Å²) in [5.41, 5.74) is 0.885. The number of thiophene rings is 1. The monoisotopic (exact) mass is 332 g/mol. The van der Waals surface area contributed by atoms with Gasteiger partial charge in [0, 0.05) is 12.6 Å². The van der Waals surface area contributed by atoms with Crippen LogP contribution in [0.25, 0.3) is 0 Å². The molecule has 1 N–H and O–H groups in total. The molecular formula is C17H17FN2O2S. The van der Waals surface area contributed by atoms with Crippen LogP contribution in [-0.4, -0.2) is 29.3 Å². The third kappa shape index (κ3) is 4.16. The number of halogens is 1. The number of hydrogen-bond donors (Lipinski definition) is 1. The number of rotatable bonds is 6. The molecule has 1 aromatic heterocycles. The van der Waals surface area contributed by atoms with Gasteiger partial charge >= 0.3 is 0 Å². The molecule has 0 radical (unpaired) electrons. The number of carbonyl (C=O) groups excluding carboxylic acids is 2. The molecule has 4 nitrogen and oxygen atoms in total. The number of nitrogens with one attached hydrogen (secondary N) is 1. The molecule has 6 heteroatoms. The van der Waals surface area contributed by atoms with E-state index in [1.54, 1.807) is 29.2 Å². The van der Waals surface area contributed by atoms with Crippen LogP contribution in [0.4, 0.5) is 4.39 Å². The smallest absolute Gasteiger partial charge is 0.261 e. The van der Waals surface area contributed by atoms with Gasteiger partial charge in [-0.05, 0) is 42.0 Å². The molecule has 2 amide bonds. The molecule has 0 atom stereocenters. The molecule has 0 spiro atoms. The van der Waals surface area contributed by atoms with E-state index in [1.807, 2.05) is 5.38 Å². The fourth-order valence-corrected chi connectivity index (χ4v) is 2.99. The highest BCUT2D eigenvalue weighted by Gasteiger charge is 2.32. The van der Waals surface area contributed by atoms with Crippen molar-refractivity contribution in [1.29, 1.82) is 0 Å². The molecular weight excluding hydrogens is 315 g/mol. The van der Waals surface area contributed by atoms with Crippen LogP contribution in [0.3, 0.4) is 0 Å². The molecule has 0 unspecified atom stereocenters. The van der Waals surface area contributed by atoms with Gasteiger partial charge in [0.15, 0.2) is 0 Å². The van der Waals surface area contributed by atoms with Gasteiger partial charge in [-0.15, -0.1) is 11.3 Å². The highest BCUT2D eigenvalue weighted by molar-refractivity contribution is 7.12. The summed E-state index contributed by atoms with van der Waals surface area (Å²) in [5.74, 6) is -0.631. The van der Waals surface area contributed by atoms with Crippen molar-refractivity contribution < 1.29 is 14.0 Å². The molecule has 0 saturated heterocycles. The number of amides is 2. The summed E-state index contributed by atoms with van der Waals surface area (Å²) in [6, 6.07) is 9.90. The van der Waals surface area contributed by atoms with E-state index in [2.05, 4.69) is 5.32 Å². The van der Waals surface area contributed by atoms with Crippen LogP contribution in [0.15, 0.2) is 41.8 Å². The molecule has 1 saturated carbocycles. The Morgan fingerprint density at radius 3 is 2.57 bits per heavy atom. The topological polar surface area (TPSA) is 49.4 Å². The fraction of sp³-hybridized carbons (Fsp3) is 0.294. The van der Waals surface area contributed by atoms with Gasteiger partial charge in [0.25, 0.3) is 5.91 Å². The lowest BCUT2D eigenvalue weighted by molar-refractivity contribution is -0.131. The van der Waals surface area contributed by atoms with E-state index in [0.717, 1.165) is 18.4 Å². The van der Waals surface area contributed by atoms with Gasteiger partial charge in [-0.25, -0.2) is 4.39 Å². The van der Waals surface area contributed by atoms with Gasteiger partial charge in [-0.2, -0.15) is 0 Å². The van der Waals surface area contributed by atoms with Gasteiger partial charge in [0.2, 0.25) is 5.91 Å². The van der Waals surface area contributed by atoms with Crippen LogP contribution < -0.4 is 5.32 Å². The van der Waals surface area contributed by atoms with Gasteiger partial charge in [-0.1, -0.05) is 18.2 Å². The predicted molar refractivity (Wildman–Crippen MR) is 86.6 cm³/mol. The molecule has 1 aliphatic carbocycles. The van der Waals surface area contributed by atoms with Crippen LogP contribution in [0.5, 0.6) is 0 Å². The second-order valence-corrected chi connectivity index (χ2v) is 6.49. The second-order valence-electron chi connectivity index (χ2n) is 5.54. The first-order valence-corrected chi connectivity index (χ1v) is 8.37. The van der Waals surface area contributed by atoms with Crippen molar-refractivity contribution >= 4 is 23.2 Å². The zero-order valence-electron chi connectivity index (χ0n) is 12.5. The quantitative estimate of drug-likeness (QED) is 0.884. The number of hydrogen-bond acceptors (Lipinski definition) is 3. The van der Waals surface area contributed by atoms with E-state index in [1.165, 1.54) is 23.5 Å². The Kier molecular flexibility index (Phi) is 4.71. The Morgan fingerprint density at radius 2 is 1.96 bits per heavy atom. The maximum atomic E-state index is 13.0. The lowest BCUT2D eigenvalue weighted by Crippen LogP contribution is -2.40. The molecule has 0 aliphatic heterocycles. The second kappa shape index (κ2) is 6.91. The number of nitrogens with zero attached hydrogens (tertiary/aromatic N) is 1. The highest BCUT2D eigenvalue weighted by Crippen LogP contribution is 2.28. The minimum absolute atomic E-state index is 0.0194. The minimum Gasteiger partial charge on any atom is -0.342 e. The summed E-state index contributed by atoms with van der Waals surface area (Å²) in [6.45, 7) is 0.424. The Morgan fingerprint density at radius 1 is 1.22 bits per heavy atom. The number of carbonyl (C=O) groups is 2. The van der Waals surface area contributed by atoms with Gasteiger partial charge in [-0.3, -0.25) is 9.59 Å². The van der Waals surface area contributed by atoms with Gasteiger partial charge < -0.3 is 10.2 Å². The summed E-state index contributed by atoms with van der Waals surface area (Å²) in [6.07, 6.45) is 1.96. The highest BCUT2D eigenvalue weighted by atomic mass is 32.1. The molecule has 1 fully saturated rings. The number of benzene rings is 1. The molecule has 0 bridgehead atoms. The first-order chi connectivity index (χ1) is 11.1.